The van der Waals surface area contributed by atoms with Gasteiger partial charge in [-0.25, -0.2) is 9.59 Å². The SMILES string of the molecule is COc1ccc2ccc(OC)c(C(=O)O)c2c1C(=O)O. The molecule has 0 saturated carbocycles. The lowest BCUT2D eigenvalue weighted by Crippen LogP contribution is -2.08. The average molecular weight is 276 g/mol. The Labute approximate surface area is 114 Å². The first-order valence-corrected chi connectivity index (χ1v) is 5.65. The summed E-state index contributed by atoms with van der Waals surface area (Å²) in [6.07, 6.45) is 0. The molecule has 2 aromatic rings. The van der Waals surface area contributed by atoms with E-state index < -0.39 is 11.9 Å². The summed E-state index contributed by atoms with van der Waals surface area (Å²) in [6.45, 7) is 0. The molecular weight excluding hydrogens is 264 g/mol. The van der Waals surface area contributed by atoms with Gasteiger partial charge in [-0.15, -0.1) is 0 Å². The van der Waals surface area contributed by atoms with Crippen molar-refractivity contribution in [3.8, 4) is 11.5 Å². The number of methoxy groups -OCH3 is 2. The number of benzene rings is 2. The van der Waals surface area contributed by atoms with E-state index in [0.29, 0.717) is 5.39 Å². The van der Waals surface area contributed by atoms with E-state index in [0.717, 1.165) is 0 Å². The summed E-state index contributed by atoms with van der Waals surface area (Å²) in [5.74, 6) is -2.33. The van der Waals surface area contributed by atoms with Gasteiger partial charge in [-0.3, -0.25) is 0 Å². The van der Waals surface area contributed by atoms with E-state index in [9.17, 15) is 19.8 Å². The summed E-state index contributed by atoms with van der Waals surface area (Å²) in [7, 11) is 2.66. The minimum absolute atomic E-state index is 0.0868. The highest BCUT2D eigenvalue weighted by molar-refractivity contribution is 6.15. The van der Waals surface area contributed by atoms with Crippen molar-refractivity contribution in [1.29, 1.82) is 0 Å². The zero-order valence-electron chi connectivity index (χ0n) is 10.8. The van der Waals surface area contributed by atoms with Gasteiger partial charge in [-0.1, -0.05) is 12.1 Å². The summed E-state index contributed by atoms with van der Waals surface area (Å²) in [4.78, 5) is 22.9. The van der Waals surface area contributed by atoms with Crippen molar-refractivity contribution < 1.29 is 29.3 Å². The monoisotopic (exact) mass is 276 g/mol. The third-order valence-electron chi connectivity index (χ3n) is 2.98. The lowest BCUT2D eigenvalue weighted by molar-refractivity contribution is 0.0692. The van der Waals surface area contributed by atoms with E-state index >= 15 is 0 Å². The maximum atomic E-state index is 11.5. The summed E-state index contributed by atoms with van der Waals surface area (Å²) in [6, 6.07) is 6.19. The molecule has 0 fully saturated rings. The maximum absolute atomic E-state index is 11.5. The van der Waals surface area contributed by atoms with Gasteiger partial charge in [0.15, 0.2) is 0 Å². The highest BCUT2D eigenvalue weighted by atomic mass is 16.5. The van der Waals surface area contributed by atoms with E-state index in [4.69, 9.17) is 9.47 Å². The zero-order valence-corrected chi connectivity index (χ0v) is 10.8. The van der Waals surface area contributed by atoms with Gasteiger partial charge in [0.05, 0.1) is 14.2 Å². The highest BCUT2D eigenvalue weighted by Crippen LogP contribution is 2.35. The van der Waals surface area contributed by atoms with Crippen LogP contribution in [-0.2, 0) is 0 Å². The number of ether oxygens (including phenoxy) is 2. The first-order valence-electron chi connectivity index (χ1n) is 5.65. The van der Waals surface area contributed by atoms with Crippen LogP contribution in [0.25, 0.3) is 10.8 Å². The lowest BCUT2D eigenvalue weighted by Gasteiger charge is -2.13. The molecule has 0 spiro atoms. The first-order chi connectivity index (χ1) is 9.51. The third kappa shape index (κ3) is 2.01. The molecule has 0 aliphatic heterocycles. The molecule has 2 rings (SSSR count). The second-order valence-electron chi connectivity index (χ2n) is 3.99. The number of carboxylic acids is 2. The second kappa shape index (κ2) is 5.08. The first kappa shape index (κ1) is 13.7. The second-order valence-corrected chi connectivity index (χ2v) is 3.99. The summed E-state index contributed by atoms with van der Waals surface area (Å²) < 4.78 is 10.0. The molecule has 0 radical (unpaired) electrons. The molecule has 2 N–H and O–H groups in total. The van der Waals surface area contributed by atoms with Crippen molar-refractivity contribution >= 4 is 22.7 Å². The predicted molar refractivity (Wildman–Crippen MR) is 71.0 cm³/mol. The van der Waals surface area contributed by atoms with Crippen molar-refractivity contribution in [3.05, 3.63) is 35.4 Å². The van der Waals surface area contributed by atoms with Gasteiger partial charge in [0.25, 0.3) is 0 Å². The van der Waals surface area contributed by atoms with Crippen LogP contribution in [-0.4, -0.2) is 36.4 Å². The number of aromatic carboxylic acids is 2. The zero-order chi connectivity index (χ0) is 14.9. The van der Waals surface area contributed by atoms with Crippen molar-refractivity contribution in [2.75, 3.05) is 14.2 Å². The molecule has 0 aliphatic carbocycles. The van der Waals surface area contributed by atoms with E-state index in [1.54, 1.807) is 12.1 Å². The molecule has 0 heterocycles. The molecule has 0 aromatic heterocycles. The Morgan fingerprint density at radius 2 is 1.25 bits per heavy atom. The number of carboxylic acid groups (broad SMARTS) is 2. The van der Waals surface area contributed by atoms with Gasteiger partial charge in [0.2, 0.25) is 0 Å². The van der Waals surface area contributed by atoms with Crippen LogP contribution in [0, 0.1) is 0 Å². The van der Waals surface area contributed by atoms with Gasteiger partial charge in [-0.05, 0) is 17.5 Å². The Balaban J connectivity index is 3.03. The van der Waals surface area contributed by atoms with Crippen LogP contribution in [0.15, 0.2) is 24.3 Å². The third-order valence-corrected chi connectivity index (χ3v) is 2.98. The molecule has 0 unspecified atom stereocenters. The van der Waals surface area contributed by atoms with Crippen molar-refractivity contribution in [3.63, 3.8) is 0 Å². The van der Waals surface area contributed by atoms with Crippen LogP contribution in [0.3, 0.4) is 0 Å². The van der Waals surface area contributed by atoms with E-state index in [1.165, 1.54) is 26.4 Å². The van der Waals surface area contributed by atoms with Crippen LogP contribution < -0.4 is 9.47 Å². The summed E-state index contributed by atoms with van der Waals surface area (Å²) >= 11 is 0. The minimum Gasteiger partial charge on any atom is -0.496 e. The molecule has 0 aliphatic rings. The molecular formula is C14H12O6. The number of fused-ring (bicyclic) bond motifs is 1. The fourth-order valence-electron chi connectivity index (χ4n) is 2.14. The smallest absolute Gasteiger partial charge is 0.340 e. The fourth-order valence-corrected chi connectivity index (χ4v) is 2.14. The Bertz CT molecular complexity index is 648. The highest BCUT2D eigenvalue weighted by Gasteiger charge is 2.23. The number of rotatable bonds is 4. The topological polar surface area (TPSA) is 93.1 Å². The Hall–Kier alpha value is -2.76. The van der Waals surface area contributed by atoms with Gasteiger partial charge in [-0.2, -0.15) is 0 Å². The molecule has 104 valence electrons. The molecule has 2 aromatic carbocycles. The van der Waals surface area contributed by atoms with Crippen LogP contribution in [0.5, 0.6) is 11.5 Å². The van der Waals surface area contributed by atoms with Gasteiger partial charge < -0.3 is 19.7 Å². The van der Waals surface area contributed by atoms with Crippen molar-refractivity contribution in [1.82, 2.24) is 0 Å². The van der Waals surface area contributed by atoms with Gasteiger partial charge >= 0.3 is 11.9 Å². The lowest BCUT2D eigenvalue weighted by atomic mass is 9.97. The van der Waals surface area contributed by atoms with Crippen LogP contribution >= 0.6 is 0 Å². The molecule has 0 saturated heterocycles. The van der Waals surface area contributed by atoms with Crippen LogP contribution in [0.1, 0.15) is 20.7 Å². The molecule has 0 amide bonds. The summed E-state index contributed by atoms with van der Waals surface area (Å²) in [5, 5.41) is 19.3. The molecule has 6 nitrogen and oxygen atoms in total. The quantitative estimate of drug-likeness (QED) is 0.889. The molecule has 6 heteroatoms. The minimum atomic E-state index is -1.26. The molecule has 20 heavy (non-hydrogen) atoms. The van der Waals surface area contributed by atoms with E-state index in [2.05, 4.69) is 0 Å². The largest absolute Gasteiger partial charge is 0.496 e. The van der Waals surface area contributed by atoms with Gasteiger partial charge in [0.1, 0.15) is 22.6 Å². The van der Waals surface area contributed by atoms with Crippen LogP contribution in [0.2, 0.25) is 0 Å². The number of hydrogen-bond acceptors (Lipinski definition) is 4. The van der Waals surface area contributed by atoms with E-state index in [1.807, 2.05) is 0 Å². The molecule has 0 bridgehead atoms. The van der Waals surface area contributed by atoms with Crippen molar-refractivity contribution in [2.45, 2.75) is 0 Å². The standard InChI is InChI=1S/C14H12O6/c1-19-8-5-3-7-4-6-9(20-2)12(14(17)18)10(7)11(8)13(15)16/h3-6H,1-2H3,(H,15,16)(H,17,18). The predicted octanol–water partition coefficient (Wildman–Crippen LogP) is 2.25. The Morgan fingerprint density at radius 1 is 0.850 bits per heavy atom. The number of carbonyl (C=O) groups is 2. The average Bonchev–Trinajstić information content (AvgIpc) is 2.43. The maximum Gasteiger partial charge on any atom is 0.340 e. The number of hydrogen-bond donors (Lipinski definition) is 2. The van der Waals surface area contributed by atoms with Crippen molar-refractivity contribution in [2.24, 2.45) is 0 Å². The van der Waals surface area contributed by atoms with Crippen LogP contribution in [0.4, 0.5) is 0 Å². The fraction of sp³-hybridized carbons (Fsp3) is 0.143. The van der Waals surface area contributed by atoms with Gasteiger partial charge in [0, 0.05) is 5.39 Å². The normalized spacial score (nSPS) is 10.3. The summed E-state index contributed by atoms with van der Waals surface area (Å²) in [5.41, 5.74) is -0.386. The molecule has 0 atom stereocenters. The Kier molecular flexibility index (Phi) is 3.47. The van der Waals surface area contributed by atoms with E-state index in [-0.39, 0.29) is 28.0 Å². The Morgan fingerprint density at radius 3 is 1.55 bits per heavy atom.